The van der Waals surface area contributed by atoms with Gasteiger partial charge in [-0.2, -0.15) is 0 Å². The molecule has 1 aliphatic heterocycles. The predicted octanol–water partition coefficient (Wildman–Crippen LogP) is 0.769. The van der Waals surface area contributed by atoms with Crippen molar-refractivity contribution in [3.05, 3.63) is 29.8 Å². The van der Waals surface area contributed by atoms with Crippen LogP contribution in [0.1, 0.15) is 5.56 Å². The minimum absolute atomic E-state index is 0.0520. The highest BCUT2D eigenvalue weighted by molar-refractivity contribution is 5.87. The van der Waals surface area contributed by atoms with Crippen molar-refractivity contribution >= 4 is 11.6 Å². The Morgan fingerprint density at radius 2 is 2.31 bits per heavy atom. The summed E-state index contributed by atoms with van der Waals surface area (Å²) in [6.07, 6.45) is 0.788. The van der Waals surface area contributed by atoms with Crippen LogP contribution in [0.3, 0.4) is 0 Å². The van der Waals surface area contributed by atoms with Gasteiger partial charge in [0.2, 0.25) is 5.91 Å². The van der Waals surface area contributed by atoms with Crippen molar-refractivity contribution in [1.82, 2.24) is 5.32 Å². The van der Waals surface area contributed by atoms with Gasteiger partial charge in [-0.05, 0) is 11.6 Å². The van der Waals surface area contributed by atoms with E-state index in [-0.39, 0.29) is 11.9 Å². The molecular weight excluding hydrogens is 164 g/mol. The molecule has 68 valence electrons. The molecule has 1 amide bonds. The van der Waals surface area contributed by atoms with Gasteiger partial charge in [0.1, 0.15) is 6.04 Å². The largest absolute Gasteiger partial charge is 0.373 e. The van der Waals surface area contributed by atoms with Crippen LogP contribution >= 0.6 is 0 Å². The summed E-state index contributed by atoms with van der Waals surface area (Å²) in [6, 6.07) is 7.91. The molecule has 0 fully saturated rings. The van der Waals surface area contributed by atoms with Crippen LogP contribution < -0.4 is 10.6 Å². The van der Waals surface area contributed by atoms with E-state index in [1.165, 1.54) is 5.56 Å². The first-order valence-electron chi connectivity index (χ1n) is 4.37. The van der Waals surface area contributed by atoms with Crippen LogP contribution in [0.2, 0.25) is 0 Å². The monoisotopic (exact) mass is 176 g/mol. The van der Waals surface area contributed by atoms with Crippen molar-refractivity contribution in [2.75, 3.05) is 12.4 Å². The fourth-order valence-electron chi connectivity index (χ4n) is 1.63. The number of carbonyl (C=O) groups is 1. The molecular formula is C10H12N2O. The van der Waals surface area contributed by atoms with Gasteiger partial charge in [-0.1, -0.05) is 18.2 Å². The molecule has 0 aliphatic carbocycles. The van der Waals surface area contributed by atoms with Gasteiger partial charge in [0.25, 0.3) is 0 Å². The standard InChI is InChI=1S/C10H12N2O/c1-11-10(13)9-6-7-4-2-3-5-8(7)12-9/h2-5,9,12H,6H2,1H3,(H,11,13). The number of amides is 1. The number of para-hydroxylation sites is 1. The van der Waals surface area contributed by atoms with Crippen molar-refractivity contribution < 1.29 is 4.79 Å². The Bertz CT molecular complexity index is 310. The second kappa shape index (κ2) is 3.09. The topological polar surface area (TPSA) is 41.1 Å². The fourth-order valence-corrected chi connectivity index (χ4v) is 1.63. The van der Waals surface area contributed by atoms with Gasteiger partial charge in [-0.3, -0.25) is 4.79 Å². The molecule has 2 N–H and O–H groups in total. The molecule has 3 nitrogen and oxygen atoms in total. The zero-order valence-electron chi connectivity index (χ0n) is 7.50. The molecule has 1 aliphatic rings. The van der Waals surface area contributed by atoms with Crippen LogP contribution in [-0.2, 0) is 11.2 Å². The highest BCUT2D eigenvalue weighted by atomic mass is 16.2. The highest BCUT2D eigenvalue weighted by Crippen LogP contribution is 2.24. The van der Waals surface area contributed by atoms with E-state index in [1.54, 1.807) is 7.05 Å². The summed E-state index contributed by atoms with van der Waals surface area (Å²) in [5.41, 5.74) is 2.30. The van der Waals surface area contributed by atoms with Gasteiger partial charge in [-0.15, -0.1) is 0 Å². The Morgan fingerprint density at radius 1 is 1.54 bits per heavy atom. The maximum absolute atomic E-state index is 11.3. The third-order valence-corrected chi connectivity index (χ3v) is 2.33. The van der Waals surface area contributed by atoms with Gasteiger partial charge in [0.15, 0.2) is 0 Å². The van der Waals surface area contributed by atoms with E-state index < -0.39 is 0 Å². The average molecular weight is 176 g/mol. The maximum Gasteiger partial charge on any atom is 0.242 e. The van der Waals surface area contributed by atoms with Gasteiger partial charge < -0.3 is 10.6 Å². The maximum atomic E-state index is 11.3. The van der Waals surface area contributed by atoms with Crippen molar-refractivity contribution in [3.63, 3.8) is 0 Å². The smallest absolute Gasteiger partial charge is 0.242 e. The van der Waals surface area contributed by atoms with E-state index in [1.807, 2.05) is 24.3 Å². The summed E-state index contributed by atoms with van der Waals surface area (Å²) in [7, 11) is 1.66. The molecule has 1 unspecified atom stereocenters. The first-order valence-corrected chi connectivity index (χ1v) is 4.37. The lowest BCUT2D eigenvalue weighted by Gasteiger charge is -2.08. The van der Waals surface area contributed by atoms with Crippen molar-refractivity contribution in [2.24, 2.45) is 0 Å². The predicted molar refractivity (Wildman–Crippen MR) is 51.6 cm³/mol. The van der Waals surface area contributed by atoms with Crippen LogP contribution in [0.5, 0.6) is 0 Å². The molecule has 2 rings (SSSR count). The first kappa shape index (κ1) is 8.10. The second-order valence-corrected chi connectivity index (χ2v) is 3.17. The Balaban J connectivity index is 2.18. The van der Waals surface area contributed by atoms with Crippen LogP contribution in [0.15, 0.2) is 24.3 Å². The summed E-state index contributed by atoms with van der Waals surface area (Å²) in [4.78, 5) is 11.3. The van der Waals surface area contributed by atoms with E-state index >= 15 is 0 Å². The Kier molecular flexibility index (Phi) is 1.93. The molecule has 3 heteroatoms. The summed E-state index contributed by atoms with van der Waals surface area (Å²) in [6.45, 7) is 0. The normalized spacial score (nSPS) is 19.0. The lowest BCUT2D eigenvalue weighted by atomic mass is 10.1. The van der Waals surface area contributed by atoms with E-state index in [0.717, 1.165) is 12.1 Å². The molecule has 0 aromatic heterocycles. The number of benzene rings is 1. The number of rotatable bonds is 1. The zero-order valence-corrected chi connectivity index (χ0v) is 7.50. The minimum Gasteiger partial charge on any atom is -0.373 e. The highest BCUT2D eigenvalue weighted by Gasteiger charge is 2.24. The molecule has 0 bridgehead atoms. The number of carbonyl (C=O) groups excluding carboxylic acids is 1. The van der Waals surface area contributed by atoms with Crippen molar-refractivity contribution in [3.8, 4) is 0 Å². The van der Waals surface area contributed by atoms with Crippen molar-refractivity contribution in [2.45, 2.75) is 12.5 Å². The van der Waals surface area contributed by atoms with Crippen LogP contribution in [0, 0.1) is 0 Å². The SMILES string of the molecule is CNC(=O)C1Cc2ccccc2N1. The van der Waals surface area contributed by atoms with Crippen molar-refractivity contribution in [1.29, 1.82) is 0 Å². The van der Waals surface area contributed by atoms with Crippen LogP contribution in [-0.4, -0.2) is 19.0 Å². The lowest BCUT2D eigenvalue weighted by Crippen LogP contribution is -2.36. The number of anilines is 1. The van der Waals surface area contributed by atoms with Gasteiger partial charge in [-0.25, -0.2) is 0 Å². The third-order valence-electron chi connectivity index (χ3n) is 2.33. The van der Waals surface area contributed by atoms with Gasteiger partial charge in [0.05, 0.1) is 0 Å². The van der Waals surface area contributed by atoms with Crippen LogP contribution in [0.25, 0.3) is 0 Å². The van der Waals surface area contributed by atoms with Gasteiger partial charge >= 0.3 is 0 Å². The Hall–Kier alpha value is -1.51. The number of fused-ring (bicyclic) bond motifs is 1. The lowest BCUT2D eigenvalue weighted by molar-refractivity contribution is -0.121. The molecule has 1 aromatic rings. The number of nitrogens with one attached hydrogen (secondary N) is 2. The molecule has 1 aromatic carbocycles. The van der Waals surface area contributed by atoms with E-state index in [2.05, 4.69) is 10.6 Å². The first-order chi connectivity index (χ1) is 6.31. The van der Waals surface area contributed by atoms with Gasteiger partial charge in [0, 0.05) is 19.2 Å². The quantitative estimate of drug-likeness (QED) is 0.663. The zero-order chi connectivity index (χ0) is 9.26. The Morgan fingerprint density at radius 3 is 3.00 bits per heavy atom. The Labute approximate surface area is 77.1 Å². The number of likely N-dealkylation sites (N-methyl/N-ethyl adjacent to an activating group) is 1. The molecule has 0 spiro atoms. The molecule has 0 saturated heterocycles. The van der Waals surface area contributed by atoms with Crippen LogP contribution in [0.4, 0.5) is 5.69 Å². The molecule has 0 saturated carbocycles. The molecule has 1 heterocycles. The summed E-state index contributed by atoms with van der Waals surface area (Å²) in [5, 5.41) is 5.81. The summed E-state index contributed by atoms with van der Waals surface area (Å²) >= 11 is 0. The molecule has 13 heavy (non-hydrogen) atoms. The molecule has 0 radical (unpaired) electrons. The third kappa shape index (κ3) is 1.37. The number of hydrogen-bond acceptors (Lipinski definition) is 2. The summed E-state index contributed by atoms with van der Waals surface area (Å²) < 4.78 is 0. The fraction of sp³-hybridized carbons (Fsp3) is 0.300. The summed E-state index contributed by atoms with van der Waals surface area (Å²) in [5.74, 6) is 0.0520. The number of hydrogen-bond donors (Lipinski definition) is 2. The minimum atomic E-state index is -0.0950. The van der Waals surface area contributed by atoms with E-state index in [0.29, 0.717) is 0 Å². The molecule has 1 atom stereocenters. The van der Waals surface area contributed by atoms with E-state index in [9.17, 15) is 4.79 Å². The van der Waals surface area contributed by atoms with E-state index in [4.69, 9.17) is 0 Å². The second-order valence-electron chi connectivity index (χ2n) is 3.17. The average Bonchev–Trinajstić information content (AvgIpc) is 2.59.